The zero-order chi connectivity index (χ0) is 27.4. The van der Waals surface area contributed by atoms with E-state index < -0.39 is 0 Å². The third kappa shape index (κ3) is 6.61. The van der Waals surface area contributed by atoms with Crippen molar-refractivity contribution in [3.05, 3.63) is 96.3 Å². The van der Waals surface area contributed by atoms with Crippen molar-refractivity contribution in [1.82, 2.24) is 14.7 Å². The number of carbonyl (C=O) groups excluding carboxylic acids is 2. The molecular formula is C31H36N6O3. The average Bonchev–Trinajstić information content (AvgIpc) is 3.57. The summed E-state index contributed by atoms with van der Waals surface area (Å²) in [6.45, 7) is 3.52. The Bertz CT molecular complexity index is 1410. The van der Waals surface area contributed by atoms with Crippen LogP contribution in [0, 0.1) is 6.92 Å². The van der Waals surface area contributed by atoms with Crippen molar-refractivity contribution in [1.29, 1.82) is 0 Å². The molecule has 9 nitrogen and oxygen atoms in total. The summed E-state index contributed by atoms with van der Waals surface area (Å²) in [7, 11) is 3.68. The van der Waals surface area contributed by atoms with Gasteiger partial charge in [0.25, 0.3) is 5.91 Å². The van der Waals surface area contributed by atoms with Crippen LogP contribution in [0.25, 0.3) is 0 Å². The van der Waals surface area contributed by atoms with E-state index in [1.165, 1.54) is 0 Å². The van der Waals surface area contributed by atoms with E-state index in [9.17, 15) is 9.59 Å². The minimum Gasteiger partial charge on any atom is -0.457 e. The number of aryl methyl sites for hydroxylation is 2. The van der Waals surface area contributed by atoms with E-state index in [1.54, 1.807) is 21.7 Å². The van der Waals surface area contributed by atoms with Gasteiger partial charge in [0.15, 0.2) is 5.69 Å². The lowest BCUT2D eigenvalue weighted by Crippen LogP contribution is -2.39. The molecule has 3 amide bonds. The number of anilines is 3. The average molecular weight is 541 g/mol. The second kappa shape index (κ2) is 12.4. The monoisotopic (exact) mass is 540 g/mol. The number of ether oxygens (including phenoxy) is 1. The SMILES string of the molecule is C.Cc1cc(C(=O)N(C)C2CCN(c3ccc(NC(=O)Nc4ccc(Oc5ccccc5)cc4)cc3)C2)nn1C. The topological polar surface area (TPSA) is 91.7 Å². The first kappa shape index (κ1) is 28.2. The zero-order valence-corrected chi connectivity index (χ0v) is 22.3. The number of carbonyl (C=O) groups is 2. The Morgan fingerprint density at radius 3 is 2.12 bits per heavy atom. The predicted molar refractivity (Wildman–Crippen MR) is 159 cm³/mol. The lowest BCUT2D eigenvalue weighted by Gasteiger charge is -2.25. The number of amides is 3. The van der Waals surface area contributed by atoms with Gasteiger partial charge in [0.1, 0.15) is 11.5 Å². The summed E-state index contributed by atoms with van der Waals surface area (Å²) in [5.41, 5.74) is 3.82. The molecule has 2 heterocycles. The highest BCUT2D eigenvalue weighted by molar-refractivity contribution is 5.99. The number of hydrogen-bond donors (Lipinski definition) is 2. The van der Waals surface area contributed by atoms with Gasteiger partial charge in [0.2, 0.25) is 0 Å². The molecule has 5 rings (SSSR count). The van der Waals surface area contributed by atoms with Gasteiger partial charge in [-0.2, -0.15) is 5.10 Å². The summed E-state index contributed by atoms with van der Waals surface area (Å²) < 4.78 is 7.51. The molecule has 0 radical (unpaired) electrons. The summed E-state index contributed by atoms with van der Waals surface area (Å²) in [6, 6.07) is 26.1. The molecule has 1 atom stereocenters. The summed E-state index contributed by atoms with van der Waals surface area (Å²) in [5.74, 6) is 1.38. The van der Waals surface area contributed by atoms with Crippen LogP contribution in [0.4, 0.5) is 21.9 Å². The van der Waals surface area contributed by atoms with E-state index in [1.807, 2.05) is 93.8 Å². The number of urea groups is 1. The number of para-hydroxylation sites is 1. The maximum Gasteiger partial charge on any atom is 0.323 e. The minimum atomic E-state index is -0.328. The Morgan fingerprint density at radius 1 is 0.925 bits per heavy atom. The highest BCUT2D eigenvalue weighted by atomic mass is 16.5. The van der Waals surface area contributed by atoms with Crippen molar-refractivity contribution in [3.8, 4) is 11.5 Å². The number of hydrogen-bond acceptors (Lipinski definition) is 5. The van der Waals surface area contributed by atoms with Crippen molar-refractivity contribution in [2.45, 2.75) is 26.8 Å². The van der Waals surface area contributed by atoms with Gasteiger partial charge in [-0.3, -0.25) is 9.48 Å². The Labute approximate surface area is 235 Å². The van der Waals surface area contributed by atoms with Gasteiger partial charge in [0.05, 0.1) is 6.04 Å². The largest absolute Gasteiger partial charge is 0.457 e. The fourth-order valence-electron chi connectivity index (χ4n) is 4.58. The zero-order valence-electron chi connectivity index (χ0n) is 22.3. The van der Waals surface area contributed by atoms with Crippen LogP contribution in [0.3, 0.4) is 0 Å². The standard InChI is InChI=1S/C30H32N6O3.CH4/c1-21-19-28(33-35(21)3)29(37)34(2)25-17-18-36(20-25)24-13-9-22(10-14-24)31-30(38)32-23-11-15-27(16-12-23)39-26-7-5-4-6-8-26;/h4-16,19,25H,17-18,20H2,1-3H3,(H2,31,32,38);1H4. The van der Waals surface area contributed by atoms with Gasteiger partial charge in [-0.15, -0.1) is 0 Å². The van der Waals surface area contributed by atoms with Gasteiger partial charge in [-0.1, -0.05) is 25.6 Å². The Hall–Kier alpha value is -4.79. The number of aromatic nitrogens is 2. The van der Waals surface area contributed by atoms with Crippen LogP contribution in [-0.2, 0) is 7.05 Å². The molecule has 0 bridgehead atoms. The van der Waals surface area contributed by atoms with Gasteiger partial charge in [0, 0.05) is 49.9 Å². The van der Waals surface area contributed by atoms with Crippen molar-refractivity contribution in [3.63, 3.8) is 0 Å². The molecule has 2 N–H and O–H groups in total. The lowest BCUT2D eigenvalue weighted by molar-refractivity contribution is 0.0738. The van der Waals surface area contributed by atoms with Crippen LogP contribution in [0.2, 0.25) is 0 Å². The molecular weight excluding hydrogens is 504 g/mol. The third-order valence-corrected chi connectivity index (χ3v) is 6.95. The Morgan fingerprint density at radius 2 is 1.52 bits per heavy atom. The normalized spacial score (nSPS) is 14.3. The Kier molecular flexibility index (Phi) is 8.73. The number of benzene rings is 3. The van der Waals surface area contributed by atoms with Crippen LogP contribution < -0.4 is 20.3 Å². The maximum atomic E-state index is 12.9. The number of nitrogens with one attached hydrogen (secondary N) is 2. The molecule has 0 saturated carbocycles. The molecule has 208 valence electrons. The van der Waals surface area contributed by atoms with Crippen LogP contribution in [-0.4, -0.2) is 52.8 Å². The first-order valence-electron chi connectivity index (χ1n) is 12.9. The van der Waals surface area contributed by atoms with Crippen LogP contribution in [0.15, 0.2) is 84.9 Å². The summed E-state index contributed by atoms with van der Waals surface area (Å²) >= 11 is 0. The van der Waals surface area contributed by atoms with E-state index in [4.69, 9.17) is 4.74 Å². The molecule has 4 aromatic rings. The van der Waals surface area contributed by atoms with Crippen molar-refractivity contribution in [2.24, 2.45) is 7.05 Å². The van der Waals surface area contributed by atoms with E-state index in [2.05, 4.69) is 20.6 Å². The van der Waals surface area contributed by atoms with E-state index in [0.717, 1.165) is 36.6 Å². The molecule has 1 aliphatic rings. The Balaban J connectivity index is 0.00000370. The second-order valence-corrected chi connectivity index (χ2v) is 9.66. The number of likely N-dealkylation sites (N-methyl/N-ethyl adjacent to an activating group) is 1. The molecule has 1 fully saturated rings. The fourth-order valence-corrected chi connectivity index (χ4v) is 4.58. The highest BCUT2D eigenvalue weighted by Crippen LogP contribution is 2.26. The summed E-state index contributed by atoms with van der Waals surface area (Å²) in [4.78, 5) is 29.4. The molecule has 1 saturated heterocycles. The molecule has 1 aliphatic heterocycles. The number of rotatable bonds is 7. The van der Waals surface area contributed by atoms with E-state index in [0.29, 0.717) is 22.8 Å². The summed E-state index contributed by atoms with van der Waals surface area (Å²) in [6.07, 6.45) is 0.881. The van der Waals surface area contributed by atoms with Crippen LogP contribution in [0.1, 0.15) is 30.0 Å². The minimum absolute atomic E-state index is 0. The molecule has 0 spiro atoms. The molecule has 1 aromatic heterocycles. The van der Waals surface area contributed by atoms with Gasteiger partial charge in [-0.25, -0.2) is 4.79 Å². The predicted octanol–water partition coefficient (Wildman–Crippen LogP) is 6.15. The van der Waals surface area contributed by atoms with Crippen molar-refractivity contribution >= 4 is 29.0 Å². The smallest absolute Gasteiger partial charge is 0.323 e. The first-order chi connectivity index (χ1) is 18.9. The molecule has 1 unspecified atom stereocenters. The van der Waals surface area contributed by atoms with E-state index >= 15 is 0 Å². The summed E-state index contributed by atoms with van der Waals surface area (Å²) in [5, 5.41) is 10.0. The molecule has 0 aliphatic carbocycles. The molecule has 9 heteroatoms. The van der Waals surface area contributed by atoms with Crippen molar-refractivity contribution < 1.29 is 14.3 Å². The lowest BCUT2D eigenvalue weighted by atomic mass is 10.2. The van der Waals surface area contributed by atoms with Gasteiger partial charge < -0.3 is 25.2 Å². The fraction of sp³-hybridized carbons (Fsp3) is 0.258. The van der Waals surface area contributed by atoms with Crippen LogP contribution in [0.5, 0.6) is 11.5 Å². The highest BCUT2D eigenvalue weighted by Gasteiger charge is 2.30. The number of nitrogens with zero attached hydrogens (tertiary/aromatic N) is 4. The molecule has 40 heavy (non-hydrogen) atoms. The van der Waals surface area contributed by atoms with Crippen molar-refractivity contribution in [2.75, 3.05) is 35.7 Å². The van der Waals surface area contributed by atoms with E-state index in [-0.39, 0.29) is 25.4 Å². The first-order valence-corrected chi connectivity index (χ1v) is 12.9. The van der Waals surface area contributed by atoms with Gasteiger partial charge in [-0.05, 0) is 80.1 Å². The molecule has 3 aromatic carbocycles. The third-order valence-electron chi connectivity index (χ3n) is 6.95. The second-order valence-electron chi connectivity index (χ2n) is 9.66. The van der Waals surface area contributed by atoms with Gasteiger partial charge >= 0.3 is 6.03 Å². The maximum absolute atomic E-state index is 12.9. The van der Waals surface area contributed by atoms with Crippen LogP contribution >= 0.6 is 0 Å². The quantitative estimate of drug-likeness (QED) is 0.293.